The van der Waals surface area contributed by atoms with E-state index >= 15 is 0 Å². The van der Waals surface area contributed by atoms with Crippen LogP contribution in [0.1, 0.15) is 73.5 Å². The second-order valence-corrected chi connectivity index (χ2v) is 8.26. The lowest BCUT2D eigenvalue weighted by atomic mass is 10.1. The van der Waals surface area contributed by atoms with Gasteiger partial charge in [0.15, 0.2) is 0 Å². The topological polar surface area (TPSA) is 116 Å². The summed E-state index contributed by atoms with van der Waals surface area (Å²) in [7, 11) is 0. The molecule has 0 radical (unpaired) electrons. The number of carbonyl (C=O) groups excluding carboxylic acids is 1. The van der Waals surface area contributed by atoms with Gasteiger partial charge in [0.1, 0.15) is 12.1 Å². The number of oxazole rings is 1. The number of H-pyrrole nitrogens is 1. The second-order valence-electron chi connectivity index (χ2n) is 8.26. The van der Waals surface area contributed by atoms with Crippen molar-refractivity contribution in [1.82, 2.24) is 24.7 Å². The molecule has 3 heterocycles. The van der Waals surface area contributed by atoms with Gasteiger partial charge < -0.3 is 15.1 Å². The molecule has 1 aliphatic carbocycles. The number of fused-ring (bicyclic) bond motifs is 1. The van der Waals surface area contributed by atoms with Crippen LogP contribution in [0.25, 0.3) is 22.2 Å². The van der Waals surface area contributed by atoms with Crippen molar-refractivity contribution in [2.45, 2.75) is 57.0 Å². The highest BCUT2D eigenvalue weighted by atomic mass is 16.3. The van der Waals surface area contributed by atoms with Crippen LogP contribution in [-0.4, -0.2) is 30.5 Å². The molecule has 3 N–H and O–H groups in total. The summed E-state index contributed by atoms with van der Waals surface area (Å²) in [6, 6.07) is 6.70. The Balaban J connectivity index is 1.13. The predicted molar refractivity (Wildman–Crippen MR) is 116 cm³/mol. The smallest absolute Gasteiger partial charge is 0.263 e. The van der Waals surface area contributed by atoms with E-state index in [1.54, 1.807) is 0 Å². The van der Waals surface area contributed by atoms with Crippen molar-refractivity contribution in [1.29, 1.82) is 0 Å². The first-order chi connectivity index (χ1) is 15.2. The number of nitrogens with zero attached hydrogens (tertiary/aromatic N) is 4. The molecule has 1 aliphatic rings. The SMILES string of the molecule is N[C@@H](CCCCCC(=O)c1ncco1)c1ncc(-c2ccc3nn(C4CC4)cc3c2)[nH]1. The first-order valence-corrected chi connectivity index (χ1v) is 10.9. The zero-order chi connectivity index (χ0) is 21.2. The van der Waals surface area contributed by atoms with Gasteiger partial charge in [-0.25, -0.2) is 9.97 Å². The van der Waals surface area contributed by atoms with E-state index in [1.165, 1.54) is 25.3 Å². The Kier molecular flexibility index (Phi) is 5.38. The summed E-state index contributed by atoms with van der Waals surface area (Å²) in [4.78, 5) is 23.6. The van der Waals surface area contributed by atoms with Crippen LogP contribution in [0.15, 0.2) is 47.5 Å². The molecule has 1 fully saturated rings. The monoisotopic (exact) mass is 418 g/mol. The van der Waals surface area contributed by atoms with Gasteiger partial charge in [0.2, 0.25) is 5.78 Å². The van der Waals surface area contributed by atoms with E-state index in [1.807, 2.05) is 6.20 Å². The van der Waals surface area contributed by atoms with Gasteiger partial charge in [0.05, 0.1) is 35.7 Å². The van der Waals surface area contributed by atoms with Gasteiger partial charge in [0, 0.05) is 23.6 Å². The third kappa shape index (κ3) is 4.44. The maximum absolute atomic E-state index is 11.9. The van der Waals surface area contributed by atoms with E-state index in [0.29, 0.717) is 12.5 Å². The van der Waals surface area contributed by atoms with E-state index in [0.717, 1.165) is 53.7 Å². The lowest BCUT2D eigenvalue weighted by Gasteiger charge is -2.08. The van der Waals surface area contributed by atoms with Crippen molar-refractivity contribution < 1.29 is 9.21 Å². The summed E-state index contributed by atoms with van der Waals surface area (Å²) in [5.74, 6) is 0.933. The molecule has 0 amide bonds. The molecular formula is C23H26N6O2. The lowest BCUT2D eigenvalue weighted by Crippen LogP contribution is -2.12. The summed E-state index contributed by atoms with van der Waals surface area (Å²) in [5.41, 5.74) is 9.41. The maximum atomic E-state index is 11.9. The van der Waals surface area contributed by atoms with E-state index < -0.39 is 0 Å². The van der Waals surface area contributed by atoms with Crippen LogP contribution in [-0.2, 0) is 0 Å². The van der Waals surface area contributed by atoms with Crippen molar-refractivity contribution in [3.05, 3.63) is 54.8 Å². The molecular weight excluding hydrogens is 392 g/mol. The average molecular weight is 419 g/mol. The molecule has 1 atom stereocenters. The van der Waals surface area contributed by atoms with E-state index in [2.05, 4.69) is 49.1 Å². The Morgan fingerprint density at radius 1 is 1.26 bits per heavy atom. The Bertz CT molecular complexity index is 1170. The first kappa shape index (κ1) is 19.7. The van der Waals surface area contributed by atoms with Gasteiger partial charge in [-0.05, 0) is 37.8 Å². The number of hydrogen-bond acceptors (Lipinski definition) is 6. The summed E-state index contributed by atoms with van der Waals surface area (Å²) in [5, 5.41) is 5.80. The molecule has 1 aromatic carbocycles. The van der Waals surface area contributed by atoms with Crippen LogP contribution in [0.4, 0.5) is 0 Å². The molecule has 31 heavy (non-hydrogen) atoms. The van der Waals surface area contributed by atoms with Crippen molar-refractivity contribution in [2.24, 2.45) is 5.73 Å². The van der Waals surface area contributed by atoms with Gasteiger partial charge in [-0.3, -0.25) is 9.48 Å². The minimum Gasteiger partial charge on any atom is -0.442 e. The number of unbranched alkanes of at least 4 members (excludes halogenated alkanes) is 2. The Hall–Kier alpha value is -3.26. The molecule has 4 aromatic rings. The molecule has 0 bridgehead atoms. The van der Waals surface area contributed by atoms with Gasteiger partial charge in [0.25, 0.3) is 5.89 Å². The number of Topliss-reactive ketones (excluding diaryl/α,β-unsaturated/α-hetero) is 1. The fourth-order valence-electron chi connectivity index (χ4n) is 3.84. The third-order valence-corrected chi connectivity index (χ3v) is 5.79. The number of rotatable bonds is 10. The number of benzene rings is 1. The van der Waals surface area contributed by atoms with E-state index in [9.17, 15) is 4.79 Å². The van der Waals surface area contributed by atoms with Crippen molar-refractivity contribution in [3.63, 3.8) is 0 Å². The number of ketones is 1. The fourth-order valence-corrected chi connectivity index (χ4v) is 3.84. The Labute approximate surface area is 179 Å². The van der Waals surface area contributed by atoms with Crippen LogP contribution >= 0.6 is 0 Å². The highest BCUT2D eigenvalue weighted by molar-refractivity contribution is 5.91. The van der Waals surface area contributed by atoms with E-state index in [-0.39, 0.29) is 17.7 Å². The van der Waals surface area contributed by atoms with Crippen LogP contribution in [0.5, 0.6) is 0 Å². The summed E-state index contributed by atoms with van der Waals surface area (Å²) >= 11 is 0. The van der Waals surface area contributed by atoms with Crippen LogP contribution in [0, 0.1) is 0 Å². The summed E-state index contributed by atoms with van der Waals surface area (Å²) in [6.45, 7) is 0. The van der Waals surface area contributed by atoms with Gasteiger partial charge >= 0.3 is 0 Å². The van der Waals surface area contributed by atoms with Crippen LogP contribution in [0.3, 0.4) is 0 Å². The minimum atomic E-state index is -0.155. The average Bonchev–Trinajstić information content (AvgIpc) is 3.19. The number of hydrogen-bond donors (Lipinski definition) is 2. The number of aromatic nitrogens is 5. The van der Waals surface area contributed by atoms with Gasteiger partial charge in [-0.1, -0.05) is 18.9 Å². The molecule has 0 spiro atoms. The molecule has 0 aliphatic heterocycles. The molecule has 0 saturated heterocycles. The highest BCUT2D eigenvalue weighted by Crippen LogP contribution is 2.35. The number of nitrogens with two attached hydrogens (primary N) is 1. The quantitative estimate of drug-likeness (QED) is 0.288. The van der Waals surface area contributed by atoms with Crippen molar-refractivity contribution in [3.8, 4) is 11.3 Å². The zero-order valence-corrected chi connectivity index (χ0v) is 17.3. The maximum Gasteiger partial charge on any atom is 0.263 e. The highest BCUT2D eigenvalue weighted by Gasteiger charge is 2.24. The van der Waals surface area contributed by atoms with Crippen LogP contribution in [0.2, 0.25) is 0 Å². The van der Waals surface area contributed by atoms with Gasteiger partial charge in [-0.2, -0.15) is 5.10 Å². The fraction of sp³-hybridized carbons (Fsp3) is 0.391. The first-order valence-electron chi connectivity index (χ1n) is 10.9. The summed E-state index contributed by atoms with van der Waals surface area (Å²) < 4.78 is 7.11. The zero-order valence-electron chi connectivity index (χ0n) is 17.3. The minimum absolute atomic E-state index is 0.0513. The molecule has 8 heteroatoms. The molecule has 8 nitrogen and oxygen atoms in total. The van der Waals surface area contributed by atoms with Crippen molar-refractivity contribution >= 4 is 16.7 Å². The molecule has 3 aromatic heterocycles. The number of imidazole rings is 1. The Morgan fingerprint density at radius 2 is 2.16 bits per heavy atom. The second kappa shape index (κ2) is 8.47. The Morgan fingerprint density at radius 3 is 2.97 bits per heavy atom. The lowest BCUT2D eigenvalue weighted by molar-refractivity contribution is 0.0945. The third-order valence-electron chi connectivity index (χ3n) is 5.79. The molecule has 160 valence electrons. The van der Waals surface area contributed by atoms with Gasteiger partial charge in [-0.15, -0.1) is 0 Å². The predicted octanol–water partition coefficient (Wildman–Crippen LogP) is 4.58. The number of aromatic amines is 1. The summed E-state index contributed by atoms with van der Waals surface area (Å²) in [6.07, 6.45) is 13.2. The largest absolute Gasteiger partial charge is 0.442 e. The normalized spacial score (nSPS) is 14.9. The molecule has 0 unspecified atom stereocenters. The van der Waals surface area contributed by atoms with Crippen molar-refractivity contribution in [2.75, 3.05) is 0 Å². The number of carbonyl (C=O) groups is 1. The standard InChI is InChI=1S/C23H26N6O2/c24-18(4-2-1-3-5-21(30)23-25-10-11-31-23)22-26-13-20(27-22)15-6-9-19-16(12-15)14-29(28-19)17-7-8-17/h6,9-14,17-18H,1-5,7-8,24H2,(H,26,27)/t18-/m0/s1. The van der Waals surface area contributed by atoms with Crippen LogP contribution < -0.4 is 5.73 Å². The number of nitrogens with one attached hydrogen (secondary N) is 1. The van der Waals surface area contributed by atoms with E-state index in [4.69, 9.17) is 10.2 Å². The molecule has 1 saturated carbocycles. The molecule has 5 rings (SSSR count).